The average molecular weight is 834 g/mol. The topological polar surface area (TPSA) is 192 Å². The van der Waals surface area contributed by atoms with Crippen LogP contribution in [0.25, 0.3) is 22.1 Å². The van der Waals surface area contributed by atoms with Gasteiger partial charge in [0.25, 0.3) is 0 Å². The number of aromatic amines is 2. The molecule has 5 aliphatic rings. The Morgan fingerprint density at radius 1 is 0.696 bits per heavy atom. The van der Waals surface area contributed by atoms with Gasteiger partial charge in [0.15, 0.2) is 0 Å². The number of pyridine rings is 2. The number of hydrogen-bond acceptors (Lipinski definition) is 13. The molecule has 9 rings (SSSR count). The van der Waals surface area contributed by atoms with Crippen LogP contribution in [0.4, 0.5) is 11.4 Å². The Morgan fingerprint density at radius 3 is 1.59 bits per heavy atom. The SMILES string of the molecule is C1CCOC1.CB(O)N1CC(S(=O)(=O)Cl)C1.CB(O)N1CC(S(=O)(=O)N2CCN(c3c[nH]c4ncccc34)CC2)C1.c1cnc2[nH]cc(N3CCCCC3)c2c1. The largest absolute Gasteiger partial charge is 0.437 e. The minimum Gasteiger partial charge on any atom is -0.437 e. The number of nitrogens with one attached hydrogen (secondary N) is 2. The van der Waals surface area contributed by atoms with E-state index in [1.807, 2.05) is 30.6 Å². The van der Waals surface area contributed by atoms with E-state index in [2.05, 4.69) is 42.0 Å². The second-order valence-electron chi connectivity index (χ2n) is 14.8. The molecule has 9 heterocycles. The van der Waals surface area contributed by atoms with Crippen molar-refractivity contribution in [3.63, 3.8) is 0 Å². The van der Waals surface area contributed by atoms with Crippen LogP contribution in [0, 0.1) is 0 Å². The van der Waals surface area contributed by atoms with Crippen molar-refractivity contribution < 1.29 is 31.6 Å². The molecule has 5 fully saturated rings. The summed E-state index contributed by atoms with van der Waals surface area (Å²) in [5, 5.41) is 19.9. The van der Waals surface area contributed by atoms with Gasteiger partial charge in [0.05, 0.1) is 21.9 Å². The number of sulfonamides is 1. The smallest absolute Gasteiger partial charge is 0.376 e. The molecule has 16 nitrogen and oxygen atoms in total. The molecule has 4 N–H and O–H groups in total. The zero-order valence-corrected chi connectivity index (χ0v) is 34.6. The van der Waals surface area contributed by atoms with E-state index in [9.17, 15) is 21.9 Å². The number of halogens is 1. The van der Waals surface area contributed by atoms with E-state index in [1.54, 1.807) is 33.8 Å². The van der Waals surface area contributed by atoms with E-state index in [1.165, 1.54) is 56.3 Å². The number of hydrogen-bond donors (Lipinski definition) is 4. The summed E-state index contributed by atoms with van der Waals surface area (Å²) in [5.74, 6) is 0. The molecular weight excluding hydrogens is 780 g/mol. The first kappa shape index (κ1) is 42.7. The fourth-order valence-corrected chi connectivity index (χ4v) is 10.3. The normalized spacial score (nSPS) is 20.2. The van der Waals surface area contributed by atoms with E-state index in [-0.39, 0.29) is 0 Å². The van der Waals surface area contributed by atoms with Crippen LogP contribution in [0.5, 0.6) is 0 Å². The Bertz CT molecular complexity index is 2060. The number of rotatable bonds is 7. The van der Waals surface area contributed by atoms with Crippen molar-refractivity contribution in [1.82, 2.24) is 33.9 Å². The van der Waals surface area contributed by atoms with Crippen LogP contribution in [0.3, 0.4) is 0 Å². The quantitative estimate of drug-likeness (QED) is 0.157. The number of ether oxygens (including phenoxy) is 1. The van der Waals surface area contributed by atoms with Gasteiger partial charge in [0.2, 0.25) is 19.1 Å². The summed E-state index contributed by atoms with van der Waals surface area (Å²) >= 11 is 0. The lowest BCUT2D eigenvalue weighted by Crippen LogP contribution is -2.63. The summed E-state index contributed by atoms with van der Waals surface area (Å²) in [5.41, 5.74) is 4.24. The first-order valence-electron chi connectivity index (χ1n) is 19.5. The fourth-order valence-electron chi connectivity index (χ4n) is 7.36. The maximum Gasteiger partial charge on any atom is 0.376 e. The summed E-state index contributed by atoms with van der Waals surface area (Å²) < 4.78 is 53.3. The van der Waals surface area contributed by atoms with Crippen LogP contribution in [-0.2, 0) is 23.8 Å². The summed E-state index contributed by atoms with van der Waals surface area (Å²) in [7, 11) is -2.80. The number of piperidine rings is 1. The first-order chi connectivity index (χ1) is 26.8. The second kappa shape index (κ2) is 19.2. The molecule has 0 atom stereocenters. The average Bonchev–Trinajstić information content (AvgIpc) is 3.93. The minimum atomic E-state index is -3.41. The molecule has 4 aromatic heterocycles. The van der Waals surface area contributed by atoms with Crippen LogP contribution >= 0.6 is 10.7 Å². The summed E-state index contributed by atoms with van der Waals surface area (Å²) in [6.07, 6.45) is 14.2. The van der Waals surface area contributed by atoms with Crippen LogP contribution in [0.15, 0.2) is 49.1 Å². The third-order valence-corrected chi connectivity index (χ3v) is 15.0. The van der Waals surface area contributed by atoms with Crippen molar-refractivity contribution in [1.29, 1.82) is 0 Å². The number of H-pyrrole nitrogens is 2. The maximum absolute atomic E-state index is 12.7. The van der Waals surface area contributed by atoms with Crippen molar-refractivity contribution >= 4 is 77.3 Å². The molecule has 0 aliphatic carbocycles. The molecule has 0 amide bonds. The van der Waals surface area contributed by atoms with Crippen molar-refractivity contribution in [2.24, 2.45) is 0 Å². The molecule has 21 heteroatoms. The third kappa shape index (κ3) is 10.6. The van der Waals surface area contributed by atoms with E-state index >= 15 is 0 Å². The van der Waals surface area contributed by atoms with E-state index < -0.39 is 43.7 Å². The molecule has 0 aromatic carbocycles. The van der Waals surface area contributed by atoms with Gasteiger partial charge in [0, 0.05) is 125 Å². The van der Waals surface area contributed by atoms with Crippen molar-refractivity contribution in [3.05, 3.63) is 49.1 Å². The van der Waals surface area contributed by atoms with Gasteiger partial charge in [-0.2, -0.15) is 4.31 Å². The third-order valence-electron chi connectivity index (χ3n) is 11.0. The maximum atomic E-state index is 12.7. The predicted octanol–water partition coefficient (Wildman–Crippen LogP) is 2.51. The summed E-state index contributed by atoms with van der Waals surface area (Å²) in [6.45, 7) is 11.4. The van der Waals surface area contributed by atoms with Gasteiger partial charge in [-0.25, -0.2) is 26.8 Å². The predicted molar refractivity (Wildman–Crippen MR) is 224 cm³/mol. The van der Waals surface area contributed by atoms with Crippen LogP contribution < -0.4 is 9.80 Å². The van der Waals surface area contributed by atoms with Gasteiger partial charge in [-0.3, -0.25) is 0 Å². The zero-order valence-electron chi connectivity index (χ0n) is 32.2. The van der Waals surface area contributed by atoms with Gasteiger partial charge in [-0.05, 0) is 70.0 Å². The molecule has 5 aliphatic heterocycles. The van der Waals surface area contributed by atoms with E-state index in [4.69, 9.17) is 20.4 Å². The number of fused-ring (bicyclic) bond motifs is 2. The lowest BCUT2D eigenvalue weighted by atomic mass is 9.81. The lowest BCUT2D eigenvalue weighted by Gasteiger charge is -2.43. The molecule has 5 saturated heterocycles. The van der Waals surface area contributed by atoms with Crippen LogP contribution in [-0.4, -0.2) is 164 Å². The molecule has 56 heavy (non-hydrogen) atoms. The van der Waals surface area contributed by atoms with Gasteiger partial charge in [0.1, 0.15) is 11.3 Å². The molecule has 306 valence electrons. The highest BCUT2D eigenvalue weighted by Crippen LogP contribution is 2.29. The highest BCUT2D eigenvalue weighted by Gasteiger charge is 2.43. The van der Waals surface area contributed by atoms with Crippen molar-refractivity contribution in [2.75, 3.05) is 88.5 Å². The second-order valence-corrected chi connectivity index (χ2v) is 20.0. The van der Waals surface area contributed by atoms with Gasteiger partial charge < -0.3 is 44.2 Å². The fraction of sp³-hybridized carbons (Fsp3) is 0.600. The highest BCUT2D eigenvalue weighted by atomic mass is 35.7. The molecule has 0 bridgehead atoms. The van der Waals surface area contributed by atoms with Gasteiger partial charge in [-0.1, -0.05) is 0 Å². The Morgan fingerprint density at radius 2 is 1.16 bits per heavy atom. The van der Waals surface area contributed by atoms with Crippen molar-refractivity contribution in [2.45, 2.75) is 56.3 Å². The summed E-state index contributed by atoms with van der Waals surface area (Å²) in [4.78, 5) is 23.1. The standard InChI is InChI=1S/C15H22BN5O3S.C12H15N3.C4H9BClNO3S.C4H8O/c1-16(22)20-10-12(11-20)25(23,24)21-7-5-19(6-8-21)14-9-18-15-13(14)3-2-4-17-15;1-2-7-15(8-3-1)11-9-14-12-10(11)5-4-6-13-12;1-5(8)7-2-4(3-7)11(6,9)10;1-2-4-5-3-1/h2-4,9,12,22H,5-8,10-11H2,1H3,(H,17,18);4-6,9H,1-3,7-8H2,(H,13,14);4,8H,2-3H2,1H3;1-4H2. The molecule has 4 aromatic rings. The zero-order chi connectivity index (χ0) is 39.9. The molecule has 0 saturated carbocycles. The van der Waals surface area contributed by atoms with Gasteiger partial charge in [-0.15, -0.1) is 0 Å². The number of aromatic nitrogens is 4. The first-order valence-corrected chi connectivity index (χ1v) is 23.4. The Balaban J connectivity index is 0.000000145. The van der Waals surface area contributed by atoms with E-state index in [0.29, 0.717) is 52.4 Å². The number of piperazine rings is 1. The molecule has 0 unspecified atom stereocenters. The minimum absolute atomic E-state index is 0.337. The van der Waals surface area contributed by atoms with E-state index in [0.717, 1.165) is 35.6 Å². The Kier molecular flexibility index (Phi) is 14.6. The Labute approximate surface area is 335 Å². The number of nitrogens with zero attached hydrogens (tertiary/aromatic N) is 7. The van der Waals surface area contributed by atoms with Crippen LogP contribution in [0.1, 0.15) is 32.1 Å². The van der Waals surface area contributed by atoms with Crippen LogP contribution in [0.2, 0.25) is 13.6 Å². The molecule has 0 radical (unpaired) electrons. The van der Waals surface area contributed by atoms with Crippen molar-refractivity contribution in [3.8, 4) is 0 Å². The monoisotopic (exact) mass is 833 g/mol. The summed E-state index contributed by atoms with van der Waals surface area (Å²) in [6, 6.07) is 8.08. The molecule has 0 spiro atoms. The lowest BCUT2D eigenvalue weighted by molar-refractivity contribution is 0.198. The molecular formula is C35H54B2ClN9O7S2. The highest BCUT2D eigenvalue weighted by molar-refractivity contribution is 8.14. The Hall–Kier alpha value is -2.94. The van der Waals surface area contributed by atoms with Gasteiger partial charge >= 0.3 is 14.1 Å². The number of anilines is 2.